The van der Waals surface area contributed by atoms with Crippen molar-refractivity contribution in [1.82, 2.24) is 0 Å². The Balaban J connectivity index is 2.19. The van der Waals surface area contributed by atoms with Gasteiger partial charge in [0.2, 0.25) is 5.91 Å². The van der Waals surface area contributed by atoms with E-state index >= 15 is 0 Å². The summed E-state index contributed by atoms with van der Waals surface area (Å²) < 4.78 is 0. The lowest BCUT2D eigenvalue weighted by molar-refractivity contribution is -0.124. The minimum atomic E-state index is -0.300. The molecule has 0 radical (unpaired) electrons. The molecule has 0 spiro atoms. The Labute approximate surface area is 112 Å². The molecule has 0 aromatic heterocycles. The number of benzene rings is 1. The zero-order valence-corrected chi connectivity index (χ0v) is 11.0. The summed E-state index contributed by atoms with van der Waals surface area (Å²) in [6.07, 6.45) is 4.01. The molecular formula is C14H15ClN2O. The van der Waals surface area contributed by atoms with Crippen molar-refractivity contribution >= 4 is 23.2 Å². The molecule has 94 valence electrons. The third-order valence-electron chi connectivity index (χ3n) is 3.60. The van der Waals surface area contributed by atoms with Crippen LogP contribution < -0.4 is 5.32 Å². The van der Waals surface area contributed by atoms with Crippen molar-refractivity contribution < 1.29 is 4.79 Å². The molecule has 1 aromatic rings. The molecule has 0 unspecified atom stereocenters. The Kier molecular flexibility index (Phi) is 3.58. The third-order valence-corrected chi connectivity index (χ3v) is 3.93. The maximum Gasteiger partial charge on any atom is 0.230 e. The molecule has 1 aliphatic carbocycles. The smallest absolute Gasteiger partial charge is 0.230 e. The van der Waals surface area contributed by atoms with Gasteiger partial charge in [0.25, 0.3) is 0 Å². The second-order valence-corrected chi connectivity index (χ2v) is 5.44. The molecule has 1 amide bonds. The minimum absolute atomic E-state index is 0.00279. The van der Waals surface area contributed by atoms with Gasteiger partial charge >= 0.3 is 0 Å². The third kappa shape index (κ3) is 2.49. The molecule has 1 N–H and O–H groups in total. The van der Waals surface area contributed by atoms with Gasteiger partial charge < -0.3 is 5.32 Å². The van der Waals surface area contributed by atoms with Gasteiger partial charge in [-0.15, -0.1) is 0 Å². The molecule has 0 aliphatic heterocycles. The summed E-state index contributed by atoms with van der Waals surface area (Å²) in [6.45, 7) is 1.98. The number of hydrogen-bond donors (Lipinski definition) is 1. The monoisotopic (exact) mass is 262 g/mol. The molecule has 1 aromatic carbocycles. The van der Waals surface area contributed by atoms with E-state index in [2.05, 4.69) is 5.32 Å². The van der Waals surface area contributed by atoms with Crippen LogP contribution in [0.1, 0.15) is 38.2 Å². The predicted molar refractivity (Wildman–Crippen MR) is 71.4 cm³/mol. The van der Waals surface area contributed by atoms with E-state index in [0.717, 1.165) is 25.7 Å². The van der Waals surface area contributed by atoms with Crippen molar-refractivity contribution in [2.75, 3.05) is 5.32 Å². The van der Waals surface area contributed by atoms with E-state index in [1.807, 2.05) is 13.0 Å². The Hall–Kier alpha value is -1.53. The first-order valence-corrected chi connectivity index (χ1v) is 6.44. The van der Waals surface area contributed by atoms with Crippen molar-refractivity contribution in [3.05, 3.63) is 28.8 Å². The Morgan fingerprint density at radius 3 is 2.72 bits per heavy atom. The fraction of sp³-hybridized carbons (Fsp3) is 0.429. The first-order chi connectivity index (χ1) is 8.55. The van der Waals surface area contributed by atoms with E-state index in [4.69, 9.17) is 16.9 Å². The van der Waals surface area contributed by atoms with E-state index in [0.29, 0.717) is 16.3 Å². The van der Waals surface area contributed by atoms with Gasteiger partial charge in [0.1, 0.15) is 0 Å². The molecule has 1 saturated carbocycles. The lowest BCUT2D eigenvalue weighted by atomic mass is 9.88. The summed E-state index contributed by atoms with van der Waals surface area (Å²) in [7, 11) is 0. The lowest BCUT2D eigenvalue weighted by Gasteiger charge is -2.22. The quantitative estimate of drug-likeness (QED) is 0.883. The number of carbonyl (C=O) groups is 1. The first kappa shape index (κ1) is 12.9. The molecule has 4 heteroatoms. The maximum atomic E-state index is 12.2. The first-order valence-electron chi connectivity index (χ1n) is 6.06. The molecule has 0 saturated heterocycles. The van der Waals surface area contributed by atoms with Crippen LogP contribution in [0.2, 0.25) is 5.02 Å². The second kappa shape index (κ2) is 4.99. The number of anilines is 1. The molecule has 3 nitrogen and oxygen atoms in total. The summed E-state index contributed by atoms with van der Waals surface area (Å²) in [5.41, 5.74) is 0.714. The molecule has 18 heavy (non-hydrogen) atoms. The Morgan fingerprint density at radius 1 is 1.44 bits per heavy atom. The van der Waals surface area contributed by atoms with E-state index < -0.39 is 0 Å². The van der Waals surface area contributed by atoms with Gasteiger partial charge in [-0.3, -0.25) is 4.79 Å². The molecule has 1 aliphatic rings. The molecule has 0 bridgehead atoms. The van der Waals surface area contributed by atoms with Gasteiger partial charge in [0, 0.05) is 5.41 Å². The molecular weight excluding hydrogens is 248 g/mol. The highest BCUT2D eigenvalue weighted by molar-refractivity contribution is 6.33. The van der Waals surface area contributed by atoms with Gasteiger partial charge in [-0.05, 0) is 31.0 Å². The van der Waals surface area contributed by atoms with E-state index in [1.165, 1.54) is 0 Å². The average molecular weight is 263 g/mol. The van der Waals surface area contributed by atoms with Crippen LogP contribution in [0.4, 0.5) is 5.69 Å². The molecule has 2 rings (SSSR count). The normalized spacial score (nSPS) is 17.2. The number of nitrogens with one attached hydrogen (secondary N) is 1. The fourth-order valence-electron chi connectivity index (χ4n) is 2.35. The van der Waals surface area contributed by atoms with Crippen LogP contribution in [0, 0.1) is 16.7 Å². The zero-order valence-electron chi connectivity index (χ0n) is 10.3. The summed E-state index contributed by atoms with van der Waals surface area (Å²) in [5.74, 6) is -0.00279. The number of carbonyl (C=O) groups excluding carboxylic acids is 1. The van der Waals surface area contributed by atoms with Gasteiger partial charge in [-0.1, -0.05) is 31.4 Å². The highest BCUT2D eigenvalue weighted by Crippen LogP contribution is 2.39. The SMILES string of the molecule is CC1(C(=O)Nc2cc(C#N)ccc2Cl)CCCC1. The topological polar surface area (TPSA) is 52.9 Å². The summed E-state index contributed by atoms with van der Waals surface area (Å²) in [6, 6.07) is 6.91. The summed E-state index contributed by atoms with van der Waals surface area (Å²) in [4.78, 5) is 12.2. The number of hydrogen-bond acceptors (Lipinski definition) is 2. The van der Waals surface area contributed by atoms with Gasteiger partial charge in [0.05, 0.1) is 22.3 Å². The van der Waals surface area contributed by atoms with Crippen LogP contribution in [-0.2, 0) is 4.79 Å². The predicted octanol–water partition coefficient (Wildman–Crippen LogP) is 3.73. The standard InChI is InChI=1S/C14H15ClN2O/c1-14(6-2-3-7-14)13(18)17-12-8-10(9-16)4-5-11(12)15/h4-5,8H,2-3,6-7H2,1H3,(H,17,18). The molecule has 0 heterocycles. The van der Waals surface area contributed by atoms with Gasteiger partial charge in [-0.2, -0.15) is 5.26 Å². The van der Waals surface area contributed by atoms with Crippen LogP contribution in [0.5, 0.6) is 0 Å². The van der Waals surface area contributed by atoms with Crippen molar-refractivity contribution in [1.29, 1.82) is 5.26 Å². The maximum absolute atomic E-state index is 12.2. The van der Waals surface area contributed by atoms with Crippen LogP contribution in [0.3, 0.4) is 0 Å². The highest BCUT2D eigenvalue weighted by atomic mass is 35.5. The van der Waals surface area contributed by atoms with Gasteiger partial charge in [0.15, 0.2) is 0 Å². The molecule has 1 fully saturated rings. The van der Waals surface area contributed by atoms with Crippen molar-refractivity contribution in [3.63, 3.8) is 0 Å². The van der Waals surface area contributed by atoms with E-state index in [-0.39, 0.29) is 11.3 Å². The van der Waals surface area contributed by atoms with Crippen LogP contribution in [-0.4, -0.2) is 5.91 Å². The van der Waals surface area contributed by atoms with Crippen molar-refractivity contribution in [2.45, 2.75) is 32.6 Å². The zero-order chi connectivity index (χ0) is 13.2. The number of halogens is 1. The van der Waals surface area contributed by atoms with Crippen LogP contribution in [0.25, 0.3) is 0 Å². The summed E-state index contributed by atoms with van der Waals surface area (Å²) >= 11 is 6.03. The average Bonchev–Trinajstić information content (AvgIpc) is 2.80. The highest BCUT2D eigenvalue weighted by Gasteiger charge is 2.36. The van der Waals surface area contributed by atoms with E-state index in [9.17, 15) is 4.79 Å². The largest absolute Gasteiger partial charge is 0.324 e. The second-order valence-electron chi connectivity index (χ2n) is 5.03. The van der Waals surface area contributed by atoms with E-state index in [1.54, 1.807) is 18.2 Å². The number of amides is 1. The Morgan fingerprint density at radius 2 is 2.11 bits per heavy atom. The van der Waals surface area contributed by atoms with Crippen molar-refractivity contribution in [2.24, 2.45) is 5.41 Å². The van der Waals surface area contributed by atoms with Gasteiger partial charge in [-0.25, -0.2) is 0 Å². The van der Waals surface area contributed by atoms with Crippen LogP contribution >= 0.6 is 11.6 Å². The van der Waals surface area contributed by atoms with Crippen LogP contribution in [0.15, 0.2) is 18.2 Å². The van der Waals surface area contributed by atoms with Crippen molar-refractivity contribution in [3.8, 4) is 6.07 Å². The molecule has 0 atom stereocenters. The number of nitrogens with zero attached hydrogens (tertiary/aromatic N) is 1. The Bertz CT molecular complexity index is 513. The fourth-order valence-corrected chi connectivity index (χ4v) is 2.51. The minimum Gasteiger partial charge on any atom is -0.324 e. The lowest BCUT2D eigenvalue weighted by Crippen LogP contribution is -2.30. The number of rotatable bonds is 2. The number of nitriles is 1. The summed E-state index contributed by atoms with van der Waals surface area (Å²) in [5, 5.41) is 12.2.